The minimum absolute atomic E-state index is 0.0388. The normalized spacial score (nSPS) is 32.2. The highest BCUT2D eigenvalue weighted by Gasteiger charge is 2.25. The molecule has 2 heteroatoms. The van der Waals surface area contributed by atoms with E-state index in [0.29, 0.717) is 5.92 Å². The summed E-state index contributed by atoms with van der Waals surface area (Å²) in [6.07, 6.45) is 3.27. The van der Waals surface area contributed by atoms with Crippen LogP contribution in [-0.2, 0) is 0 Å². The van der Waals surface area contributed by atoms with E-state index in [9.17, 15) is 5.11 Å². The van der Waals surface area contributed by atoms with E-state index in [1.807, 2.05) is 0 Å². The van der Waals surface area contributed by atoms with Crippen molar-refractivity contribution in [1.29, 1.82) is 0 Å². The van der Waals surface area contributed by atoms with Crippen LogP contribution in [0.3, 0.4) is 0 Å². The Labute approximate surface area is 75.6 Å². The van der Waals surface area contributed by atoms with Crippen LogP contribution < -0.4 is 0 Å². The Bertz CT molecular complexity index is 127. The minimum Gasteiger partial charge on any atom is -0.393 e. The van der Waals surface area contributed by atoms with E-state index >= 15 is 0 Å². The average Bonchev–Trinajstić information content (AvgIpc) is 2.09. The lowest BCUT2D eigenvalue weighted by atomic mass is 9.92. The van der Waals surface area contributed by atoms with Crippen molar-refractivity contribution >= 4 is 0 Å². The molecule has 1 heterocycles. The molecule has 1 rings (SSSR count). The predicted molar refractivity (Wildman–Crippen MR) is 51.1 cm³/mol. The Morgan fingerprint density at radius 1 is 1.42 bits per heavy atom. The van der Waals surface area contributed by atoms with Crippen molar-refractivity contribution in [3.63, 3.8) is 0 Å². The molecule has 2 nitrogen and oxygen atoms in total. The fourth-order valence-electron chi connectivity index (χ4n) is 2.02. The van der Waals surface area contributed by atoms with Crippen LogP contribution in [0.2, 0.25) is 0 Å². The second kappa shape index (κ2) is 4.83. The Kier molecular flexibility index (Phi) is 4.02. The number of aliphatic hydroxyl groups is 1. The highest BCUT2D eigenvalue weighted by Crippen LogP contribution is 2.19. The van der Waals surface area contributed by atoms with Gasteiger partial charge in [0.2, 0.25) is 0 Å². The first-order valence-corrected chi connectivity index (χ1v) is 5.18. The summed E-state index contributed by atoms with van der Waals surface area (Å²) in [6.45, 7) is 7.77. The Balaban J connectivity index is 2.33. The van der Waals surface area contributed by atoms with Crippen LogP contribution in [0.15, 0.2) is 0 Å². The molecule has 12 heavy (non-hydrogen) atoms. The molecule has 72 valence electrons. The molecule has 0 bridgehead atoms. The molecule has 0 unspecified atom stereocenters. The van der Waals surface area contributed by atoms with Crippen LogP contribution in [-0.4, -0.2) is 35.7 Å². The number of nitrogens with zero attached hydrogens (tertiary/aromatic N) is 1. The summed E-state index contributed by atoms with van der Waals surface area (Å²) in [6, 6.07) is 0. The third-order valence-electron chi connectivity index (χ3n) is 2.84. The number of rotatable bonds is 3. The summed E-state index contributed by atoms with van der Waals surface area (Å²) >= 11 is 0. The van der Waals surface area contributed by atoms with Crippen LogP contribution in [0.4, 0.5) is 0 Å². The number of aliphatic hydroxyl groups excluding tert-OH is 1. The van der Waals surface area contributed by atoms with Gasteiger partial charge in [-0.3, -0.25) is 0 Å². The van der Waals surface area contributed by atoms with Crippen molar-refractivity contribution in [2.24, 2.45) is 5.92 Å². The lowest BCUT2D eigenvalue weighted by molar-refractivity contribution is 0.0253. The Hall–Kier alpha value is -0.0800. The molecule has 0 saturated carbocycles. The topological polar surface area (TPSA) is 23.5 Å². The summed E-state index contributed by atoms with van der Waals surface area (Å²) in [4.78, 5) is 2.47. The van der Waals surface area contributed by atoms with E-state index in [0.717, 1.165) is 25.9 Å². The van der Waals surface area contributed by atoms with Crippen LogP contribution in [0.5, 0.6) is 0 Å². The van der Waals surface area contributed by atoms with Gasteiger partial charge in [0.05, 0.1) is 6.10 Å². The maximum atomic E-state index is 9.63. The van der Waals surface area contributed by atoms with Gasteiger partial charge < -0.3 is 10.0 Å². The first kappa shape index (κ1) is 10.0. The molecular weight excluding hydrogens is 150 g/mol. The monoisotopic (exact) mass is 171 g/mol. The third-order valence-corrected chi connectivity index (χ3v) is 2.84. The number of hydrogen-bond donors (Lipinski definition) is 1. The van der Waals surface area contributed by atoms with E-state index in [-0.39, 0.29) is 6.10 Å². The van der Waals surface area contributed by atoms with Gasteiger partial charge in [0, 0.05) is 13.1 Å². The first-order chi connectivity index (χ1) is 5.77. The molecule has 1 aliphatic heterocycles. The fourth-order valence-corrected chi connectivity index (χ4v) is 2.02. The van der Waals surface area contributed by atoms with Crippen molar-refractivity contribution in [2.75, 3.05) is 19.6 Å². The third kappa shape index (κ3) is 2.46. The standard InChI is InChI=1S/C10H21NO/c1-3-6-11-7-5-10(12)9(4-2)8-11/h9-10,12H,3-8H2,1-2H3/t9-,10+/m1/s1. The summed E-state index contributed by atoms with van der Waals surface area (Å²) < 4.78 is 0. The van der Waals surface area contributed by atoms with Gasteiger partial charge in [-0.25, -0.2) is 0 Å². The number of hydrogen-bond acceptors (Lipinski definition) is 2. The van der Waals surface area contributed by atoms with Gasteiger partial charge in [0.15, 0.2) is 0 Å². The van der Waals surface area contributed by atoms with E-state index in [4.69, 9.17) is 0 Å². The van der Waals surface area contributed by atoms with Crippen LogP contribution >= 0.6 is 0 Å². The quantitative estimate of drug-likeness (QED) is 0.695. The van der Waals surface area contributed by atoms with Crippen molar-refractivity contribution < 1.29 is 5.11 Å². The SMILES string of the molecule is CCCN1CC[C@H](O)[C@H](CC)C1. The van der Waals surface area contributed by atoms with Gasteiger partial charge in [-0.1, -0.05) is 13.8 Å². The zero-order valence-corrected chi connectivity index (χ0v) is 8.29. The molecule has 1 saturated heterocycles. The summed E-state index contributed by atoms with van der Waals surface area (Å²) in [7, 11) is 0. The predicted octanol–water partition coefficient (Wildman–Crippen LogP) is 1.49. The highest BCUT2D eigenvalue weighted by atomic mass is 16.3. The molecule has 0 radical (unpaired) electrons. The molecule has 0 aliphatic carbocycles. The molecule has 1 N–H and O–H groups in total. The van der Waals surface area contributed by atoms with Crippen LogP contribution in [0.25, 0.3) is 0 Å². The van der Waals surface area contributed by atoms with Gasteiger partial charge in [0.25, 0.3) is 0 Å². The molecule has 2 atom stereocenters. The second-order valence-corrected chi connectivity index (χ2v) is 3.82. The smallest absolute Gasteiger partial charge is 0.0592 e. The van der Waals surface area contributed by atoms with E-state index in [2.05, 4.69) is 18.7 Å². The van der Waals surface area contributed by atoms with Crippen LogP contribution in [0, 0.1) is 5.92 Å². The maximum Gasteiger partial charge on any atom is 0.0592 e. The highest BCUT2D eigenvalue weighted by molar-refractivity contribution is 4.78. The fraction of sp³-hybridized carbons (Fsp3) is 1.00. The second-order valence-electron chi connectivity index (χ2n) is 3.82. The summed E-state index contributed by atoms with van der Waals surface area (Å²) in [5, 5.41) is 9.63. The van der Waals surface area contributed by atoms with Crippen molar-refractivity contribution in [3.05, 3.63) is 0 Å². The number of likely N-dealkylation sites (tertiary alicyclic amines) is 1. The molecular formula is C10H21NO. The molecule has 0 aromatic carbocycles. The summed E-state index contributed by atoms with van der Waals surface area (Å²) in [5.41, 5.74) is 0. The van der Waals surface area contributed by atoms with Crippen LogP contribution in [0.1, 0.15) is 33.1 Å². The Morgan fingerprint density at radius 2 is 2.17 bits per heavy atom. The van der Waals surface area contributed by atoms with Gasteiger partial charge >= 0.3 is 0 Å². The van der Waals surface area contributed by atoms with Gasteiger partial charge in [-0.15, -0.1) is 0 Å². The summed E-state index contributed by atoms with van der Waals surface area (Å²) in [5.74, 6) is 0.519. The lowest BCUT2D eigenvalue weighted by Gasteiger charge is -2.35. The zero-order chi connectivity index (χ0) is 8.97. The van der Waals surface area contributed by atoms with Crippen molar-refractivity contribution in [1.82, 2.24) is 4.90 Å². The molecule has 1 fully saturated rings. The Morgan fingerprint density at radius 3 is 2.75 bits per heavy atom. The average molecular weight is 171 g/mol. The maximum absolute atomic E-state index is 9.63. The largest absolute Gasteiger partial charge is 0.393 e. The van der Waals surface area contributed by atoms with E-state index in [1.165, 1.54) is 13.0 Å². The molecule has 0 aromatic rings. The molecule has 0 aromatic heterocycles. The number of piperidine rings is 1. The van der Waals surface area contributed by atoms with Gasteiger partial charge in [-0.2, -0.15) is 0 Å². The van der Waals surface area contributed by atoms with Gasteiger partial charge in [0.1, 0.15) is 0 Å². The minimum atomic E-state index is -0.0388. The molecule has 1 aliphatic rings. The van der Waals surface area contributed by atoms with E-state index < -0.39 is 0 Å². The zero-order valence-electron chi connectivity index (χ0n) is 8.29. The molecule has 0 amide bonds. The van der Waals surface area contributed by atoms with Crippen molar-refractivity contribution in [3.8, 4) is 0 Å². The van der Waals surface area contributed by atoms with E-state index in [1.54, 1.807) is 0 Å². The molecule has 0 spiro atoms. The van der Waals surface area contributed by atoms with Crippen molar-refractivity contribution in [2.45, 2.75) is 39.2 Å². The van der Waals surface area contributed by atoms with Gasteiger partial charge in [-0.05, 0) is 31.7 Å². The lowest BCUT2D eigenvalue weighted by Crippen LogP contribution is -2.43. The first-order valence-electron chi connectivity index (χ1n) is 5.18.